The summed E-state index contributed by atoms with van der Waals surface area (Å²) in [5.74, 6) is 0.815. The van der Waals surface area contributed by atoms with Crippen molar-refractivity contribution < 1.29 is 9.18 Å². The Morgan fingerprint density at radius 2 is 1.89 bits per heavy atom. The van der Waals surface area contributed by atoms with E-state index in [1.165, 1.54) is 6.07 Å². The van der Waals surface area contributed by atoms with E-state index in [2.05, 4.69) is 38.1 Å². The predicted molar refractivity (Wildman–Crippen MR) is 110 cm³/mol. The average Bonchev–Trinajstić information content (AvgIpc) is 2.91. The molecule has 0 saturated carbocycles. The lowest BCUT2D eigenvalue weighted by Crippen LogP contribution is -2.12. The molecule has 0 saturated heterocycles. The van der Waals surface area contributed by atoms with E-state index < -0.39 is 0 Å². The second-order valence-electron chi connectivity index (χ2n) is 6.56. The highest BCUT2D eigenvalue weighted by Gasteiger charge is 2.19. The zero-order valence-electron chi connectivity index (χ0n) is 14.6. The molecule has 1 aliphatic heterocycles. The number of halogens is 2. The molecule has 5 nitrogen and oxygen atoms in total. The number of nitrogens with zero attached hydrogens (tertiary/aromatic N) is 3. The van der Waals surface area contributed by atoms with Gasteiger partial charge in [0.1, 0.15) is 11.6 Å². The molecule has 1 aliphatic rings. The van der Waals surface area contributed by atoms with Gasteiger partial charge in [-0.25, -0.2) is 4.39 Å². The topological polar surface area (TPSA) is 59.8 Å². The van der Waals surface area contributed by atoms with E-state index >= 15 is 0 Å². The Morgan fingerprint density at radius 3 is 2.70 bits per heavy atom. The summed E-state index contributed by atoms with van der Waals surface area (Å²) in [6, 6.07) is 11.8. The SMILES string of the molecule is O=C(Nc1ccc(F)c(-c2nnc3n2CCCCC3)c1)c1ccc(I)cc1. The third kappa shape index (κ3) is 3.87. The third-order valence-electron chi connectivity index (χ3n) is 4.68. The van der Waals surface area contributed by atoms with Crippen molar-refractivity contribution in [1.29, 1.82) is 0 Å². The quantitative estimate of drug-likeness (QED) is 0.560. The first kappa shape index (κ1) is 18.1. The molecule has 0 aliphatic carbocycles. The highest BCUT2D eigenvalue weighted by Crippen LogP contribution is 2.27. The van der Waals surface area contributed by atoms with Crippen LogP contribution in [0.5, 0.6) is 0 Å². The summed E-state index contributed by atoms with van der Waals surface area (Å²) >= 11 is 2.19. The van der Waals surface area contributed by atoms with E-state index in [1.54, 1.807) is 24.3 Å². The second kappa shape index (κ2) is 7.75. The second-order valence-corrected chi connectivity index (χ2v) is 7.80. The molecule has 0 atom stereocenters. The van der Waals surface area contributed by atoms with Crippen molar-refractivity contribution in [2.24, 2.45) is 0 Å². The number of benzene rings is 2. The standard InChI is InChI=1S/C20H18FIN4O/c21-17-10-9-15(23-20(27)13-5-7-14(22)8-6-13)12-16(17)19-25-24-18-4-2-1-3-11-26(18)19/h5-10,12H,1-4,11H2,(H,23,27). The maximum Gasteiger partial charge on any atom is 0.255 e. The van der Waals surface area contributed by atoms with Crippen molar-refractivity contribution in [3.05, 3.63) is 63.2 Å². The van der Waals surface area contributed by atoms with Crippen LogP contribution in [0.25, 0.3) is 11.4 Å². The van der Waals surface area contributed by atoms with Gasteiger partial charge in [-0.2, -0.15) is 0 Å². The van der Waals surface area contributed by atoms with Crippen molar-refractivity contribution in [2.45, 2.75) is 32.2 Å². The van der Waals surface area contributed by atoms with Crippen molar-refractivity contribution >= 4 is 34.2 Å². The van der Waals surface area contributed by atoms with Crippen LogP contribution in [-0.2, 0) is 13.0 Å². The predicted octanol–water partition coefficient (Wildman–Crippen LogP) is 4.67. The van der Waals surface area contributed by atoms with Crippen molar-refractivity contribution in [1.82, 2.24) is 14.8 Å². The number of fused-ring (bicyclic) bond motifs is 1. The Labute approximate surface area is 170 Å². The van der Waals surface area contributed by atoms with E-state index in [0.29, 0.717) is 22.6 Å². The van der Waals surface area contributed by atoms with Crippen LogP contribution in [0, 0.1) is 9.39 Å². The molecule has 1 aromatic heterocycles. The Kier molecular flexibility index (Phi) is 5.20. The van der Waals surface area contributed by atoms with Gasteiger partial charge in [-0.1, -0.05) is 6.42 Å². The van der Waals surface area contributed by atoms with E-state index in [4.69, 9.17) is 0 Å². The number of aromatic nitrogens is 3. The van der Waals surface area contributed by atoms with Crippen molar-refractivity contribution in [3.8, 4) is 11.4 Å². The van der Waals surface area contributed by atoms with Crippen LogP contribution in [0.2, 0.25) is 0 Å². The van der Waals surface area contributed by atoms with Gasteiger partial charge in [0.05, 0.1) is 5.56 Å². The Balaban J connectivity index is 1.63. The van der Waals surface area contributed by atoms with Crippen LogP contribution >= 0.6 is 22.6 Å². The van der Waals surface area contributed by atoms with Crippen LogP contribution < -0.4 is 5.32 Å². The lowest BCUT2D eigenvalue weighted by Gasteiger charge is -2.10. The monoisotopic (exact) mass is 476 g/mol. The number of carbonyl (C=O) groups is 1. The molecule has 0 radical (unpaired) electrons. The van der Waals surface area contributed by atoms with E-state index in [0.717, 1.165) is 41.6 Å². The van der Waals surface area contributed by atoms with Crippen LogP contribution in [0.4, 0.5) is 10.1 Å². The number of rotatable bonds is 3. The fourth-order valence-electron chi connectivity index (χ4n) is 3.26. The van der Waals surface area contributed by atoms with Gasteiger partial charge in [0.2, 0.25) is 0 Å². The lowest BCUT2D eigenvalue weighted by molar-refractivity contribution is 0.102. The molecule has 3 aromatic rings. The minimum atomic E-state index is -0.373. The first-order valence-corrected chi connectivity index (χ1v) is 9.98. The number of nitrogens with one attached hydrogen (secondary N) is 1. The summed E-state index contributed by atoms with van der Waals surface area (Å²) in [4.78, 5) is 12.4. The molecule has 0 fully saturated rings. The third-order valence-corrected chi connectivity index (χ3v) is 5.40. The Bertz CT molecular complexity index is 984. The molecule has 7 heteroatoms. The molecule has 0 bridgehead atoms. The summed E-state index contributed by atoms with van der Waals surface area (Å²) in [6.45, 7) is 0.788. The summed E-state index contributed by atoms with van der Waals surface area (Å²) in [5.41, 5.74) is 1.44. The van der Waals surface area contributed by atoms with Gasteiger partial charge >= 0.3 is 0 Å². The highest BCUT2D eigenvalue weighted by atomic mass is 127. The largest absolute Gasteiger partial charge is 0.322 e. The van der Waals surface area contributed by atoms with Gasteiger partial charge in [0.15, 0.2) is 5.82 Å². The van der Waals surface area contributed by atoms with E-state index in [9.17, 15) is 9.18 Å². The van der Waals surface area contributed by atoms with Gasteiger partial charge in [0, 0.05) is 27.8 Å². The Morgan fingerprint density at radius 1 is 1.07 bits per heavy atom. The van der Waals surface area contributed by atoms with Crippen LogP contribution in [-0.4, -0.2) is 20.7 Å². The summed E-state index contributed by atoms with van der Waals surface area (Å²) < 4.78 is 17.6. The number of hydrogen-bond acceptors (Lipinski definition) is 3. The molecule has 0 spiro atoms. The maximum atomic E-state index is 14.5. The fraction of sp³-hybridized carbons (Fsp3) is 0.250. The molecule has 2 heterocycles. The minimum absolute atomic E-state index is 0.232. The van der Waals surface area contributed by atoms with Crippen LogP contribution in [0.15, 0.2) is 42.5 Å². The zero-order chi connectivity index (χ0) is 18.8. The molecule has 1 amide bonds. The molecule has 4 rings (SSSR count). The first-order chi connectivity index (χ1) is 13.1. The van der Waals surface area contributed by atoms with Gasteiger partial charge in [0.25, 0.3) is 5.91 Å². The molecular weight excluding hydrogens is 458 g/mol. The molecule has 27 heavy (non-hydrogen) atoms. The average molecular weight is 476 g/mol. The molecule has 138 valence electrons. The minimum Gasteiger partial charge on any atom is -0.322 e. The zero-order valence-corrected chi connectivity index (χ0v) is 16.7. The van der Waals surface area contributed by atoms with Crippen LogP contribution in [0.1, 0.15) is 35.4 Å². The van der Waals surface area contributed by atoms with Gasteiger partial charge in [-0.3, -0.25) is 4.79 Å². The molecular formula is C20H18FIN4O. The lowest BCUT2D eigenvalue weighted by atomic mass is 10.1. The molecule has 0 unspecified atom stereocenters. The summed E-state index contributed by atoms with van der Waals surface area (Å²) in [6.07, 6.45) is 4.10. The first-order valence-electron chi connectivity index (χ1n) is 8.91. The number of anilines is 1. The molecule has 2 aromatic carbocycles. The number of carbonyl (C=O) groups excluding carboxylic acids is 1. The number of aryl methyl sites for hydroxylation is 1. The Hall–Kier alpha value is -2.29. The van der Waals surface area contributed by atoms with Crippen molar-refractivity contribution in [3.63, 3.8) is 0 Å². The van der Waals surface area contributed by atoms with E-state index in [1.807, 2.05) is 16.7 Å². The highest BCUT2D eigenvalue weighted by molar-refractivity contribution is 14.1. The maximum absolute atomic E-state index is 14.5. The normalized spacial score (nSPS) is 13.7. The number of amides is 1. The van der Waals surface area contributed by atoms with E-state index in [-0.39, 0.29) is 11.7 Å². The summed E-state index contributed by atoms with van der Waals surface area (Å²) in [7, 11) is 0. The van der Waals surface area contributed by atoms with Crippen LogP contribution in [0.3, 0.4) is 0 Å². The smallest absolute Gasteiger partial charge is 0.255 e. The van der Waals surface area contributed by atoms with Crippen molar-refractivity contribution in [2.75, 3.05) is 5.32 Å². The fourth-order valence-corrected chi connectivity index (χ4v) is 3.62. The van der Waals surface area contributed by atoms with Gasteiger partial charge in [-0.15, -0.1) is 10.2 Å². The number of hydrogen-bond donors (Lipinski definition) is 1. The summed E-state index contributed by atoms with van der Waals surface area (Å²) in [5, 5.41) is 11.3. The van der Waals surface area contributed by atoms with Gasteiger partial charge < -0.3 is 9.88 Å². The molecule has 1 N–H and O–H groups in total. The van der Waals surface area contributed by atoms with Gasteiger partial charge in [-0.05, 0) is 77.9 Å².